The van der Waals surface area contributed by atoms with Crippen LogP contribution in [0.5, 0.6) is 5.88 Å². The second-order valence-corrected chi connectivity index (χ2v) is 8.84. The third-order valence-electron chi connectivity index (χ3n) is 5.29. The molecule has 8 nitrogen and oxygen atoms in total. The zero-order valence-corrected chi connectivity index (χ0v) is 20.3. The highest BCUT2D eigenvalue weighted by molar-refractivity contribution is 9.10. The summed E-state index contributed by atoms with van der Waals surface area (Å²) in [5.41, 5.74) is 4.76. The van der Waals surface area contributed by atoms with E-state index in [1.54, 1.807) is 6.07 Å². The second kappa shape index (κ2) is 9.60. The molecule has 3 aromatic rings. The maximum atomic E-state index is 13.2. The Kier molecular flexibility index (Phi) is 7.08. The number of pyridine rings is 1. The molecule has 0 radical (unpaired) electrons. The molecule has 32 heavy (non-hydrogen) atoms. The first-order chi connectivity index (χ1) is 15.1. The first-order valence-corrected chi connectivity index (χ1v) is 11.0. The van der Waals surface area contributed by atoms with Gasteiger partial charge >= 0.3 is 6.09 Å². The highest BCUT2D eigenvalue weighted by Gasteiger charge is 2.19. The van der Waals surface area contributed by atoms with E-state index in [9.17, 15) is 9.59 Å². The van der Waals surface area contributed by atoms with Crippen molar-refractivity contribution in [2.45, 2.75) is 46.8 Å². The van der Waals surface area contributed by atoms with E-state index in [1.165, 1.54) is 7.11 Å². The van der Waals surface area contributed by atoms with Gasteiger partial charge in [-0.25, -0.2) is 9.78 Å². The Bertz CT molecular complexity index is 1190. The fourth-order valence-corrected chi connectivity index (χ4v) is 4.25. The van der Waals surface area contributed by atoms with Gasteiger partial charge in [-0.15, -0.1) is 0 Å². The molecule has 3 N–H and O–H groups in total. The third-order valence-corrected chi connectivity index (χ3v) is 5.75. The molecule has 0 saturated heterocycles. The summed E-state index contributed by atoms with van der Waals surface area (Å²) in [4.78, 5) is 28.3. The Morgan fingerprint density at radius 2 is 1.88 bits per heavy atom. The van der Waals surface area contributed by atoms with Crippen LogP contribution in [0.1, 0.15) is 52.6 Å². The highest BCUT2D eigenvalue weighted by Crippen LogP contribution is 2.31. The number of ether oxygens (including phenoxy) is 1. The van der Waals surface area contributed by atoms with E-state index in [1.807, 2.05) is 26.0 Å². The average Bonchev–Trinajstić information content (AvgIpc) is 3.06. The number of carbonyl (C=O) groups is 2. The van der Waals surface area contributed by atoms with Crippen LogP contribution in [0.25, 0.3) is 10.9 Å². The van der Waals surface area contributed by atoms with Crippen LogP contribution in [0, 0.1) is 13.8 Å². The standard InChI is InChI=1S/C23H27BrN4O4/c1-12(2)28-11-14(4)20-17(7-15(24)8-19(20)28)21(29)25-10-18-13(3)6-16(9-26-23(30)31)27-22(18)32-5/h6-8,11-12,26H,9-10H2,1-5H3,(H,25,29)(H,30,31). The molecule has 0 aliphatic rings. The molecular weight excluding hydrogens is 476 g/mol. The van der Waals surface area contributed by atoms with Crippen molar-refractivity contribution in [2.24, 2.45) is 0 Å². The predicted octanol–water partition coefficient (Wildman–Crippen LogP) is 4.70. The Hall–Kier alpha value is -3.07. The lowest BCUT2D eigenvalue weighted by atomic mass is 10.1. The largest absolute Gasteiger partial charge is 0.481 e. The van der Waals surface area contributed by atoms with Crippen LogP contribution in [0.4, 0.5) is 4.79 Å². The summed E-state index contributed by atoms with van der Waals surface area (Å²) in [5, 5.41) is 15.0. The van der Waals surface area contributed by atoms with Gasteiger partial charge in [0.1, 0.15) is 0 Å². The molecule has 2 heterocycles. The van der Waals surface area contributed by atoms with Crippen LogP contribution in [0.2, 0.25) is 0 Å². The number of rotatable bonds is 7. The van der Waals surface area contributed by atoms with Crippen molar-refractivity contribution in [2.75, 3.05) is 7.11 Å². The molecular formula is C23H27BrN4O4. The molecule has 0 bridgehead atoms. The van der Waals surface area contributed by atoms with Crippen molar-refractivity contribution in [3.63, 3.8) is 0 Å². The lowest BCUT2D eigenvalue weighted by molar-refractivity contribution is 0.0952. The first kappa shape index (κ1) is 23.6. The van der Waals surface area contributed by atoms with Gasteiger partial charge in [0.2, 0.25) is 5.88 Å². The molecule has 0 unspecified atom stereocenters. The molecule has 0 saturated carbocycles. The number of nitrogens with zero attached hydrogens (tertiary/aromatic N) is 2. The summed E-state index contributed by atoms with van der Waals surface area (Å²) in [7, 11) is 1.50. The number of nitrogens with one attached hydrogen (secondary N) is 2. The van der Waals surface area contributed by atoms with Crippen molar-refractivity contribution in [3.8, 4) is 5.88 Å². The van der Waals surface area contributed by atoms with Crippen molar-refractivity contribution < 1.29 is 19.4 Å². The molecule has 0 atom stereocenters. The zero-order chi connectivity index (χ0) is 23.6. The number of methoxy groups -OCH3 is 1. The van der Waals surface area contributed by atoms with Gasteiger partial charge in [-0.05, 0) is 57.0 Å². The Morgan fingerprint density at radius 3 is 2.50 bits per heavy atom. The van der Waals surface area contributed by atoms with E-state index in [2.05, 4.69) is 56.2 Å². The van der Waals surface area contributed by atoms with Gasteiger partial charge in [-0.1, -0.05) is 15.9 Å². The van der Waals surface area contributed by atoms with E-state index in [0.29, 0.717) is 17.1 Å². The smallest absolute Gasteiger partial charge is 0.404 e. The zero-order valence-electron chi connectivity index (χ0n) is 18.7. The molecule has 0 aliphatic heterocycles. The first-order valence-electron chi connectivity index (χ1n) is 10.2. The normalized spacial score (nSPS) is 11.1. The molecule has 0 fully saturated rings. The minimum absolute atomic E-state index is 0.0707. The van der Waals surface area contributed by atoms with Gasteiger partial charge in [0.15, 0.2) is 0 Å². The summed E-state index contributed by atoms with van der Waals surface area (Å²) in [6.07, 6.45) is 0.946. The van der Waals surface area contributed by atoms with Gasteiger partial charge in [-0.3, -0.25) is 4.79 Å². The van der Waals surface area contributed by atoms with Crippen LogP contribution >= 0.6 is 15.9 Å². The molecule has 1 aromatic carbocycles. The van der Waals surface area contributed by atoms with Crippen LogP contribution in [0.15, 0.2) is 28.9 Å². The molecule has 3 rings (SSSR count). The molecule has 170 valence electrons. The fraction of sp³-hybridized carbons (Fsp3) is 0.348. The number of amides is 2. The van der Waals surface area contributed by atoms with Crippen molar-refractivity contribution in [1.29, 1.82) is 0 Å². The summed E-state index contributed by atoms with van der Waals surface area (Å²) in [6.45, 7) is 8.40. The molecule has 2 aromatic heterocycles. The number of carboxylic acid groups (broad SMARTS) is 1. The van der Waals surface area contributed by atoms with Gasteiger partial charge < -0.3 is 25.0 Å². The lowest BCUT2D eigenvalue weighted by Gasteiger charge is -2.15. The number of benzene rings is 1. The minimum Gasteiger partial charge on any atom is -0.481 e. The summed E-state index contributed by atoms with van der Waals surface area (Å²) >= 11 is 3.54. The number of halogens is 1. The molecule has 9 heteroatoms. The van der Waals surface area contributed by atoms with Crippen molar-refractivity contribution in [3.05, 3.63) is 56.8 Å². The van der Waals surface area contributed by atoms with E-state index in [-0.39, 0.29) is 25.0 Å². The van der Waals surface area contributed by atoms with Crippen molar-refractivity contribution in [1.82, 2.24) is 20.2 Å². The topological polar surface area (TPSA) is 105 Å². The number of hydrogen-bond donors (Lipinski definition) is 3. The second-order valence-electron chi connectivity index (χ2n) is 7.92. The fourth-order valence-electron chi connectivity index (χ4n) is 3.80. The SMILES string of the molecule is COc1nc(CNC(=O)O)cc(C)c1CNC(=O)c1cc(Br)cc2c1c(C)cn2C(C)C. The summed E-state index contributed by atoms with van der Waals surface area (Å²) in [5.74, 6) is 0.160. The maximum Gasteiger partial charge on any atom is 0.404 e. The van der Waals surface area contributed by atoms with E-state index in [0.717, 1.165) is 32.1 Å². The van der Waals surface area contributed by atoms with Gasteiger partial charge in [0.25, 0.3) is 5.91 Å². The quantitative estimate of drug-likeness (QED) is 0.434. The Labute approximate surface area is 195 Å². The monoisotopic (exact) mass is 502 g/mol. The molecule has 0 aliphatic carbocycles. The van der Waals surface area contributed by atoms with Crippen molar-refractivity contribution >= 4 is 38.8 Å². The number of aromatic nitrogens is 2. The molecule has 2 amide bonds. The number of fused-ring (bicyclic) bond motifs is 1. The van der Waals surface area contributed by atoms with E-state index >= 15 is 0 Å². The van der Waals surface area contributed by atoms with Gasteiger partial charge in [0.05, 0.1) is 30.4 Å². The van der Waals surface area contributed by atoms with Crippen LogP contribution in [0.3, 0.4) is 0 Å². The summed E-state index contributed by atoms with van der Waals surface area (Å²) in [6, 6.07) is 5.91. The van der Waals surface area contributed by atoms with Gasteiger partial charge in [-0.2, -0.15) is 0 Å². The Morgan fingerprint density at radius 1 is 1.16 bits per heavy atom. The summed E-state index contributed by atoms with van der Waals surface area (Å²) < 4.78 is 8.40. The van der Waals surface area contributed by atoms with Crippen LogP contribution in [-0.4, -0.2) is 33.8 Å². The van der Waals surface area contributed by atoms with E-state index in [4.69, 9.17) is 9.84 Å². The minimum atomic E-state index is -1.12. The number of carbonyl (C=O) groups excluding carboxylic acids is 1. The lowest BCUT2D eigenvalue weighted by Crippen LogP contribution is -2.25. The Balaban J connectivity index is 1.89. The third kappa shape index (κ3) is 4.88. The average molecular weight is 503 g/mol. The van der Waals surface area contributed by atoms with E-state index < -0.39 is 6.09 Å². The van der Waals surface area contributed by atoms with Crippen LogP contribution < -0.4 is 15.4 Å². The maximum absolute atomic E-state index is 13.2. The highest BCUT2D eigenvalue weighted by atomic mass is 79.9. The number of aryl methyl sites for hydroxylation is 2. The predicted molar refractivity (Wildman–Crippen MR) is 126 cm³/mol. The molecule has 0 spiro atoms. The number of hydrogen-bond acceptors (Lipinski definition) is 4. The van der Waals surface area contributed by atoms with Crippen LogP contribution in [-0.2, 0) is 13.1 Å². The van der Waals surface area contributed by atoms with Gasteiger partial charge in [0, 0.05) is 34.2 Å².